The van der Waals surface area contributed by atoms with Gasteiger partial charge in [0, 0.05) is 5.56 Å². The van der Waals surface area contributed by atoms with E-state index in [2.05, 4.69) is 9.15 Å². The number of rotatable bonds is 2. The third-order valence-electron chi connectivity index (χ3n) is 1.57. The highest BCUT2D eigenvalue weighted by atomic mass is 19.4. The molecule has 0 atom stereocenters. The van der Waals surface area contributed by atoms with Crippen LogP contribution in [-0.4, -0.2) is 13.1 Å². The van der Waals surface area contributed by atoms with Gasteiger partial charge in [0.25, 0.3) is 0 Å². The van der Waals surface area contributed by atoms with Crippen molar-refractivity contribution in [2.24, 2.45) is 0 Å². The van der Waals surface area contributed by atoms with Gasteiger partial charge in [-0.25, -0.2) is 0 Å². The van der Waals surface area contributed by atoms with Crippen LogP contribution >= 0.6 is 0 Å². The number of alkyl halides is 3. The summed E-state index contributed by atoms with van der Waals surface area (Å²) in [5, 5.41) is 0. The molecule has 0 fully saturated rings. The largest absolute Gasteiger partial charge is 0.469 e. The number of furan rings is 1. The van der Waals surface area contributed by atoms with Gasteiger partial charge < -0.3 is 9.15 Å². The van der Waals surface area contributed by atoms with Crippen LogP contribution in [0.1, 0.15) is 11.3 Å². The van der Waals surface area contributed by atoms with Gasteiger partial charge in [-0.2, -0.15) is 13.2 Å². The van der Waals surface area contributed by atoms with Crippen molar-refractivity contribution in [1.82, 2.24) is 0 Å². The molecule has 0 aliphatic heterocycles. The molecule has 14 heavy (non-hydrogen) atoms. The number of halogens is 3. The van der Waals surface area contributed by atoms with Crippen molar-refractivity contribution >= 4 is 5.97 Å². The van der Waals surface area contributed by atoms with Crippen LogP contribution in [0.2, 0.25) is 0 Å². The molecule has 0 spiro atoms. The molecule has 1 aromatic heterocycles. The Morgan fingerprint density at radius 1 is 1.57 bits per heavy atom. The predicted octanol–water partition coefficient (Wildman–Crippen LogP) is 2.01. The van der Waals surface area contributed by atoms with Gasteiger partial charge in [0.15, 0.2) is 0 Å². The van der Waals surface area contributed by atoms with E-state index in [-0.39, 0.29) is 5.56 Å². The number of esters is 1. The Labute approximate surface area is 77.5 Å². The van der Waals surface area contributed by atoms with E-state index >= 15 is 0 Å². The molecule has 0 amide bonds. The van der Waals surface area contributed by atoms with Gasteiger partial charge in [0.2, 0.25) is 5.76 Å². The quantitative estimate of drug-likeness (QED) is 0.698. The topological polar surface area (TPSA) is 39.4 Å². The first-order valence-corrected chi connectivity index (χ1v) is 3.65. The second kappa shape index (κ2) is 3.73. The second-order valence-electron chi connectivity index (χ2n) is 2.53. The molecule has 0 radical (unpaired) electrons. The lowest BCUT2D eigenvalue weighted by atomic mass is 10.2. The van der Waals surface area contributed by atoms with Crippen LogP contribution in [-0.2, 0) is 22.1 Å². The third-order valence-corrected chi connectivity index (χ3v) is 1.57. The number of carbonyl (C=O) groups is 1. The summed E-state index contributed by atoms with van der Waals surface area (Å²) in [7, 11) is 1.11. The SMILES string of the molecule is COC(=O)Cc1ccoc1C(F)(F)F. The standard InChI is InChI=1S/C8H7F3O3/c1-13-6(12)4-5-2-3-14-7(5)8(9,10)11/h2-3H,4H2,1H3. The molecule has 0 saturated heterocycles. The summed E-state index contributed by atoms with van der Waals surface area (Å²) in [5.74, 6) is -1.89. The minimum Gasteiger partial charge on any atom is -0.469 e. The fourth-order valence-corrected chi connectivity index (χ4v) is 0.951. The van der Waals surface area contributed by atoms with Crippen LogP contribution in [0, 0.1) is 0 Å². The molecule has 6 heteroatoms. The molecule has 1 rings (SSSR count). The lowest BCUT2D eigenvalue weighted by Crippen LogP contribution is -2.11. The van der Waals surface area contributed by atoms with Gasteiger partial charge in [0.1, 0.15) is 0 Å². The van der Waals surface area contributed by atoms with E-state index in [0.29, 0.717) is 0 Å². The molecule has 0 unspecified atom stereocenters. The average molecular weight is 208 g/mol. The summed E-state index contributed by atoms with van der Waals surface area (Å²) in [6, 6.07) is 1.10. The Kier molecular flexibility index (Phi) is 2.83. The van der Waals surface area contributed by atoms with Crippen molar-refractivity contribution in [3.05, 3.63) is 23.7 Å². The van der Waals surface area contributed by atoms with Crippen molar-refractivity contribution in [2.45, 2.75) is 12.6 Å². The minimum atomic E-state index is -4.58. The zero-order valence-electron chi connectivity index (χ0n) is 7.22. The van der Waals surface area contributed by atoms with E-state index in [0.717, 1.165) is 19.4 Å². The Balaban J connectivity index is 2.88. The Morgan fingerprint density at radius 2 is 2.21 bits per heavy atom. The summed E-state index contributed by atoms with van der Waals surface area (Å²) in [6.45, 7) is 0. The monoisotopic (exact) mass is 208 g/mol. The first kappa shape index (κ1) is 10.6. The van der Waals surface area contributed by atoms with Gasteiger partial charge in [0.05, 0.1) is 19.8 Å². The molecule has 3 nitrogen and oxygen atoms in total. The van der Waals surface area contributed by atoms with Gasteiger partial charge in [-0.05, 0) is 6.07 Å². The molecule has 0 aliphatic rings. The highest BCUT2D eigenvalue weighted by Crippen LogP contribution is 2.32. The summed E-state index contributed by atoms with van der Waals surface area (Å²) in [5.41, 5.74) is -0.218. The van der Waals surface area contributed by atoms with Gasteiger partial charge in [-0.3, -0.25) is 4.79 Å². The molecular weight excluding hydrogens is 201 g/mol. The lowest BCUT2D eigenvalue weighted by molar-refractivity contribution is -0.154. The molecule has 0 saturated carbocycles. The van der Waals surface area contributed by atoms with E-state index in [4.69, 9.17) is 0 Å². The molecule has 1 heterocycles. The first-order valence-electron chi connectivity index (χ1n) is 3.65. The van der Waals surface area contributed by atoms with Crippen molar-refractivity contribution in [3.63, 3.8) is 0 Å². The van der Waals surface area contributed by atoms with E-state index in [9.17, 15) is 18.0 Å². The second-order valence-corrected chi connectivity index (χ2v) is 2.53. The first-order chi connectivity index (χ1) is 6.45. The summed E-state index contributed by atoms with van der Waals surface area (Å²) in [4.78, 5) is 10.7. The van der Waals surface area contributed by atoms with Gasteiger partial charge in [-0.15, -0.1) is 0 Å². The average Bonchev–Trinajstić information content (AvgIpc) is 2.51. The number of methoxy groups -OCH3 is 1. The highest BCUT2D eigenvalue weighted by Gasteiger charge is 2.37. The van der Waals surface area contributed by atoms with Crippen LogP contribution in [0.4, 0.5) is 13.2 Å². The molecule has 0 aliphatic carbocycles. The van der Waals surface area contributed by atoms with Crippen molar-refractivity contribution < 1.29 is 27.1 Å². The normalized spacial score (nSPS) is 11.4. The Bertz CT molecular complexity index is 327. The summed E-state index contributed by atoms with van der Waals surface area (Å²) >= 11 is 0. The molecule has 0 aromatic carbocycles. The zero-order valence-corrected chi connectivity index (χ0v) is 7.22. The van der Waals surface area contributed by atoms with Crippen molar-refractivity contribution in [1.29, 1.82) is 0 Å². The number of carbonyl (C=O) groups excluding carboxylic acids is 1. The minimum absolute atomic E-state index is 0.218. The van der Waals surface area contributed by atoms with E-state index in [1.165, 1.54) is 0 Å². The maximum Gasteiger partial charge on any atom is 0.449 e. The highest BCUT2D eigenvalue weighted by molar-refractivity contribution is 5.72. The number of ether oxygens (including phenoxy) is 1. The smallest absolute Gasteiger partial charge is 0.449 e. The van der Waals surface area contributed by atoms with Crippen molar-refractivity contribution in [2.75, 3.05) is 7.11 Å². The van der Waals surface area contributed by atoms with Crippen LogP contribution < -0.4 is 0 Å². The van der Waals surface area contributed by atoms with E-state index in [1.54, 1.807) is 0 Å². The summed E-state index contributed by atoms with van der Waals surface area (Å²) in [6.07, 6.45) is -4.13. The van der Waals surface area contributed by atoms with Gasteiger partial charge in [-0.1, -0.05) is 0 Å². The summed E-state index contributed by atoms with van der Waals surface area (Å²) < 4.78 is 45.1. The van der Waals surface area contributed by atoms with Gasteiger partial charge >= 0.3 is 12.1 Å². The van der Waals surface area contributed by atoms with Crippen LogP contribution in [0.5, 0.6) is 0 Å². The molecule has 1 aromatic rings. The predicted molar refractivity (Wildman–Crippen MR) is 39.4 cm³/mol. The van der Waals surface area contributed by atoms with Crippen LogP contribution in [0.25, 0.3) is 0 Å². The zero-order chi connectivity index (χ0) is 10.8. The van der Waals surface area contributed by atoms with Crippen LogP contribution in [0.3, 0.4) is 0 Å². The van der Waals surface area contributed by atoms with E-state index in [1.807, 2.05) is 0 Å². The molecule has 78 valence electrons. The number of hydrogen-bond acceptors (Lipinski definition) is 3. The van der Waals surface area contributed by atoms with Crippen molar-refractivity contribution in [3.8, 4) is 0 Å². The molecule has 0 bridgehead atoms. The van der Waals surface area contributed by atoms with E-state index < -0.39 is 24.3 Å². The Morgan fingerprint density at radius 3 is 2.71 bits per heavy atom. The maximum absolute atomic E-state index is 12.2. The lowest BCUT2D eigenvalue weighted by Gasteiger charge is -2.04. The fraction of sp³-hybridized carbons (Fsp3) is 0.375. The Hall–Kier alpha value is -1.46. The molecule has 0 N–H and O–H groups in total. The fourth-order valence-electron chi connectivity index (χ4n) is 0.951. The number of hydrogen-bond donors (Lipinski definition) is 0. The van der Waals surface area contributed by atoms with Crippen LogP contribution in [0.15, 0.2) is 16.7 Å². The molecular formula is C8H7F3O3. The third kappa shape index (κ3) is 2.27. The maximum atomic E-state index is 12.2.